The fourth-order valence-electron chi connectivity index (χ4n) is 2.43. The van der Waals surface area contributed by atoms with Crippen LogP contribution in [0, 0.1) is 5.92 Å². The third-order valence-corrected chi connectivity index (χ3v) is 8.23. The smallest absolute Gasteiger partial charge is 0.228 e. The van der Waals surface area contributed by atoms with Gasteiger partial charge in [-0.15, -0.1) is 0 Å². The second-order valence-corrected chi connectivity index (χ2v) is 9.32. The van der Waals surface area contributed by atoms with Crippen molar-refractivity contribution in [1.82, 2.24) is 0 Å². The first-order valence-electron chi connectivity index (χ1n) is 6.64. The first-order chi connectivity index (χ1) is 8.79. The molecule has 1 aromatic carbocycles. The van der Waals surface area contributed by atoms with Crippen LogP contribution in [-0.2, 0) is 13.9 Å². The summed E-state index contributed by atoms with van der Waals surface area (Å²) in [7, 11) is -1.87. The van der Waals surface area contributed by atoms with Crippen molar-refractivity contribution in [3.63, 3.8) is 0 Å². The summed E-state index contributed by atoms with van der Waals surface area (Å²) in [5, 5.41) is 1.39. The van der Waals surface area contributed by atoms with E-state index in [2.05, 4.69) is 36.9 Å². The molecule has 3 rings (SSSR count). The van der Waals surface area contributed by atoms with Gasteiger partial charge in [-0.1, -0.05) is 30.3 Å². The van der Waals surface area contributed by atoms with Crippen molar-refractivity contribution in [2.45, 2.75) is 12.1 Å². The highest BCUT2D eigenvalue weighted by Gasteiger charge is 2.45. The van der Waals surface area contributed by atoms with Crippen molar-refractivity contribution in [2.24, 2.45) is 5.92 Å². The zero-order chi connectivity index (χ0) is 12.4. The zero-order valence-electron chi connectivity index (χ0n) is 10.8. The van der Waals surface area contributed by atoms with Gasteiger partial charge < -0.3 is 13.9 Å². The van der Waals surface area contributed by atoms with Gasteiger partial charge in [0.15, 0.2) is 0 Å². The van der Waals surface area contributed by atoms with Crippen molar-refractivity contribution in [3.8, 4) is 0 Å². The van der Waals surface area contributed by atoms with E-state index in [4.69, 9.17) is 13.9 Å². The van der Waals surface area contributed by atoms with Crippen LogP contribution < -0.4 is 5.19 Å². The molecule has 18 heavy (non-hydrogen) atoms. The molecule has 1 atom stereocenters. The summed E-state index contributed by atoms with van der Waals surface area (Å²) < 4.78 is 17.0. The van der Waals surface area contributed by atoms with Gasteiger partial charge in [0.1, 0.15) is 0 Å². The Kier molecular flexibility index (Phi) is 3.52. The molecule has 98 valence electrons. The maximum absolute atomic E-state index is 6.40. The lowest BCUT2D eigenvalue weighted by molar-refractivity contribution is -0.0545. The molecule has 2 aliphatic heterocycles. The maximum Gasteiger partial charge on any atom is 0.228 e. The fraction of sp³-hybridized carbons (Fsp3) is 0.571. The number of benzene rings is 1. The first kappa shape index (κ1) is 12.4. The molecule has 4 heteroatoms. The van der Waals surface area contributed by atoms with Crippen LogP contribution in [-0.4, -0.2) is 41.4 Å². The highest BCUT2D eigenvalue weighted by atomic mass is 28.4. The summed E-state index contributed by atoms with van der Waals surface area (Å²) in [5.41, 5.74) is 0.598. The van der Waals surface area contributed by atoms with Crippen molar-refractivity contribution >= 4 is 13.5 Å². The Balaban J connectivity index is 1.74. The molecule has 0 saturated carbocycles. The SMILES string of the molecule is C[Si](OCC1COC1)(c1ccccc1)C1COC1. The van der Waals surface area contributed by atoms with Crippen LogP contribution in [0.5, 0.6) is 0 Å². The van der Waals surface area contributed by atoms with E-state index in [1.54, 1.807) is 0 Å². The van der Waals surface area contributed by atoms with Gasteiger partial charge in [-0.25, -0.2) is 0 Å². The topological polar surface area (TPSA) is 27.7 Å². The molecule has 0 N–H and O–H groups in total. The largest absolute Gasteiger partial charge is 0.412 e. The van der Waals surface area contributed by atoms with E-state index in [-0.39, 0.29) is 0 Å². The van der Waals surface area contributed by atoms with Crippen LogP contribution in [0.15, 0.2) is 30.3 Å². The summed E-state index contributed by atoms with van der Waals surface area (Å²) in [6, 6.07) is 10.7. The molecule has 3 nitrogen and oxygen atoms in total. The Morgan fingerprint density at radius 1 is 1.11 bits per heavy atom. The molecule has 2 aliphatic rings. The normalized spacial score (nSPS) is 24.1. The number of hydrogen-bond donors (Lipinski definition) is 0. The van der Waals surface area contributed by atoms with E-state index in [0.29, 0.717) is 11.5 Å². The van der Waals surface area contributed by atoms with Crippen LogP contribution >= 0.6 is 0 Å². The molecule has 2 saturated heterocycles. The molecule has 0 aromatic heterocycles. The molecule has 1 unspecified atom stereocenters. The summed E-state index contributed by atoms with van der Waals surface area (Å²) in [5.74, 6) is 0.599. The van der Waals surface area contributed by atoms with Gasteiger partial charge in [0.25, 0.3) is 0 Å². The Morgan fingerprint density at radius 3 is 2.28 bits per heavy atom. The van der Waals surface area contributed by atoms with E-state index in [9.17, 15) is 0 Å². The van der Waals surface area contributed by atoms with Crippen LogP contribution in [0.3, 0.4) is 0 Å². The molecule has 2 fully saturated rings. The predicted molar refractivity (Wildman–Crippen MR) is 72.5 cm³/mol. The van der Waals surface area contributed by atoms with Crippen LogP contribution in [0.25, 0.3) is 0 Å². The average molecular weight is 264 g/mol. The molecular formula is C14H20O3Si. The van der Waals surface area contributed by atoms with Crippen LogP contribution in [0.4, 0.5) is 0 Å². The molecule has 0 spiro atoms. The van der Waals surface area contributed by atoms with Gasteiger partial charge in [0.2, 0.25) is 8.32 Å². The third kappa shape index (κ3) is 2.25. The summed E-state index contributed by atoms with van der Waals surface area (Å²) in [4.78, 5) is 0. The average Bonchev–Trinajstić information content (AvgIpc) is 2.26. The fourth-order valence-corrected chi connectivity index (χ4v) is 5.61. The highest BCUT2D eigenvalue weighted by molar-refractivity contribution is 6.87. The standard InChI is InChI=1S/C14H20O3Si/c1-18(14-10-16-11-14,13-5-3-2-4-6-13)17-9-12-7-15-8-12/h2-6,12,14H,7-11H2,1H3. The first-order valence-corrected chi connectivity index (χ1v) is 9.12. The quantitative estimate of drug-likeness (QED) is 0.755. The predicted octanol–water partition coefficient (Wildman–Crippen LogP) is 1.53. The van der Waals surface area contributed by atoms with E-state index in [0.717, 1.165) is 33.0 Å². The Morgan fingerprint density at radius 2 is 1.78 bits per heavy atom. The minimum absolute atomic E-state index is 0.598. The Hall–Kier alpha value is -0.683. The second-order valence-electron chi connectivity index (χ2n) is 5.42. The highest BCUT2D eigenvalue weighted by Crippen LogP contribution is 2.31. The monoisotopic (exact) mass is 264 g/mol. The van der Waals surface area contributed by atoms with Gasteiger partial charge in [-0.05, 0) is 11.7 Å². The van der Waals surface area contributed by atoms with Crippen LogP contribution in [0.1, 0.15) is 0 Å². The lowest BCUT2D eigenvalue weighted by atomic mass is 10.1. The summed E-state index contributed by atoms with van der Waals surface area (Å²) in [6.07, 6.45) is 0. The Labute approximate surface area is 109 Å². The van der Waals surface area contributed by atoms with Gasteiger partial charge in [-0.2, -0.15) is 0 Å². The minimum Gasteiger partial charge on any atom is -0.412 e. The van der Waals surface area contributed by atoms with E-state index in [1.165, 1.54) is 5.19 Å². The van der Waals surface area contributed by atoms with Crippen molar-refractivity contribution in [1.29, 1.82) is 0 Å². The zero-order valence-corrected chi connectivity index (χ0v) is 11.8. The summed E-state index contributed by atoms with van der Waals surface area (Å²) >= 11 is 0. The lowest BCUT2D eigenvalue weighted by Gasteiger charge is -2.42. The van der Waals surface area contributed by atoms with Crippen LogP contribution in [0.2, 0.25) is 12.1 Å². The molecule has 2 heterocycles. The maximum atomic E-state index is 6.40. The van der Waals surface area contributed by atoms with E-state index < -0.39 is 8.32 Å². The van der Waals surface area contributed by atoms with E-state index >= 15 is 0 Å². The molecular weight excluding hydrogens is 244 g/mol. The molecule has 0 amide bonds. The van der Waals surface area contributed by atoms with Gasteiger partial charge in [0, 0.05) is 18.1 Å². The number of rotatable bonds is 5. The minimum atomic E-state index is -1.87. The lowest BCUT2D eigenvalue weighted by Crippen LogP contribution is -2.58. The molecule has 0 radical (unpaired) electrons. The van der Waals surface area contributed by atoms with E-state index in [1.807, 2.05) is 0 Å². The van der Waals surface area contributed by atoms with Gasteiger partial charge in [0.05, 0.1) is 26.4 Å². The van der Waals surface area contributed by atoms with Crippen molar-refractivity contribution < 1.29 is 13.9 Å². The van der Waals surface area contributed by atoms with Crippen molar-refractivity contribution in [3.05, 3.63) is 30.3 Å². The second kappa shape index (κ2) is 5.13. The molecule has 0 bridgehead atoms. The molecule has 0 aliphatic carbocycles. The Bertz CT molecular complexity index is 389. The summed E-state index contributed by atoms with van der Waals surface area (Å²) in [6.45, 7) is 6.61. The third-order valence-electron chi connectivity index (χ3n) is 4.09. The van der Waals surface area contributed by atoms with Gasteiger partial charge >= 0.3 is 0 Å². The number of hydrogen-bond acceptors (Lipinski definition) is 3. The molecule has 1 aromatic rings. The van der Waals surface area contributed by atoms with Crippen molar-refractivity contribution in [2.75, 3.05) is 33.0 Å². The van der Waals surface area contributed by atoms with Gasteiger partial charge in [-0.3, -0.25) is 0 Å². The number of ether oxygens (including phenoxy) is 2.